The Morgan fingerprint density at radius 2 is 2.21 bits per heavy atom. The first kappa shape index (κ1) is 17.4. The normalized spacial score (nSPS) is 19.7. The molecule has 0 radical (unpaired) electrons. The fraction of sp³-hybridized carbons (Fsp3) is 0.500. The van der Waals surface area contributed by atoms with Gasteiger partial charge in [0.2, 0.25) is 0 Å². The summed E-state index contributed by atoms with van der Waals surface area (Å²) < 4.78 is 7.60. The van der Waals surface area contributed by atoms with Crippen LogP contribution in [0.25, 0.3) is 0 Å². The second-order valence-corrected chi connectivity index (χ2v) is 6.69. The molecule has 0 amide bonds. The van der Waals surface area contributed by atoms with E-state index in [-0.39, 0.29) is 0 Å². The third-order valence-corrected chi connectivity index (χ3v) is 4.80. The van der Waals surface area contributed by atoms with E-state index in [4.69, 9.17) is 16.3 Å². The van der Waals surface area contributed by atoms with E-state index in [0.29, 0.717) is 30.8 Å². The summed E-state index contributed by atoms with van der Waals surface area (Å²) in [6, 6.07) is 9.99. The van der Waals surface area contributed by atoms with E-state index in [0.717, 1.165) is 25.1 Å². The summed E-state index contributed by atoms with van der Waals surface area (Å²) in [7, 11) is 0. The zero-order valence-electron chi connectivity index (χ0n) is 13.7. The molecule has 130 valence electrons. The van der Waals surface area contributed by atoms with Gasteiger partial charge >= 0.3 is 0 Å². The number of halogens is 1. The van der Waals surface area contributed by atoms with Gasteiger partial charge in [0, 0.05) is 30.0 Å². The minimum absolute atomic E-state index is 0.316. The number of hydrogen-bond acceptors (Lipinski definition) is 4. The predicted molar refractivity (Wildman–Crippen MR) is 93.9 cm³/mol. The lowest BCUT2D eigenvalue weighted by Crippen LogP contribution is -2.40. The molecule has 0 aliphatic carbocycles. The fourth-order valence-electron chi connectivity index (χ4n) is 3.21. The Bertz CT molecular complexity index is 620. The van der Waals surface area contributed by atoms with Crippen molar-refractivity contribution >= 4 is 11.6 Å². The second-order valence-electron chi connectivity index (χ2n) is 6.28. The van der Waals surface area contributed by atoms with E-state index in [2.05, 4.69) is 10.00 Å². The van der Waals surface area contributed by atoms with Gasteiger partial charge in [-0.25, -0.2) is 0 Å². The number of aliphatic hydroxyl groups excluding tert-OH is 1. The largest absolute Gasteiger partial charge is 0.389 e. The highest BCUT2D eigenvalue weighted by molar-refractivity contribution is 6.31. The minimum atomic E-state index is -0.495. The number of hydrogen-bond donors (Lipinski definition) is 1. The van der Waals surface area contributed by atoms with Crippen molar-refractivity contribution in [1.82, 2.24) is 14.7 Å². The molecule has 1 aliphatic rings. The lowest BCUT2D eigenvalue weighted by atomic mass is 10.2. The van der Waals surface area contributed by atoms with Gasteiger partial charge in [-0.05, 0) is 37.1 Å². The Kier molecular flexibility index (Phi) is 6.26. The Balaban J connectivity index is 1.42. The highest BCUT2D eigenvalue weighted by Gasteiger charge is 2.26. The second kappa shape index (κ2) is 8.62. The van der Waals surface area contributed by atoms with Crippen LogP contribution in [0, 0.1) is 0 Å². The molecule has 2 unspecified atom stereocenters. The molecule has 5 nitrogen and oxygen atoms in total. The molecular formula is C18H24ClN3O2. The standard InChI is InChI=1S/C18H24ClN3O2/c19-18-7-2-1-5-15(18)13-24-14-17(23)12-21-9-3-6-16(21)11-22-10-4-8-20-22/h1-2,4-5,7-8,10,16-17,23H,3,6,9,11-14H2. The van der Waals surface area contributed by atoms with Crippen molar-refractivity contribution in [3.8, 4) is 0 Å². The maximum Gasteiger partial charge on any atom is 0.0900 e. The predicted octanol–water partition coefficient (Wildman–Crippen LogP) is 2.58. The Hall–Kier alpha value is -1.40. The summed E-state index contributed by atoms with van der Waals surface area (Å²) >= 11 is 6.10. The first-order valence-corrected chi connectivity index (χ1v) is 8.81. The van der Waals surface area contributed by atoms with Gasteiger partial charge < -0.3 is 9.84 Å². The van der Waals surface area contributed by atoms with Crippen molar-refractivity contribution in [2.24, 2.45) is 0 Å². The molecule has 0 bridgehead atoms. The van der Waals surface area contributed by atoms with Gasteiger partial charge in [0.25, 0.3) is 0 Å². The van der Waals surface area contributed by atoms with Crippen LogP contribution in [0.5, 0.6) is 0 Å². The number of rotatable bonds is 8. The zero-order valence-corrected chi connectivity index (χ0v) is 14.5. The van der Waals surface area contributed by atoms with Gasteiger partial charge in [0.15, 0.2) is 0 Å². The van der Waals surface area contributed by atoms with Crippen LogP contribution in [-0.4, -0.2) is 51.6 Å². The monoisotopic (exact) mass is 349 g/mol. The Morgan fingerprint density at radius 3 is 3.00 bits per heavy atom. The highest BCUT2D eigenvalue weighted by Crippen LogP contribution is 2.19. The minimum Gasteiger partial charge on any atom is -0.389 e. The van der Waals surface area contributed by atoms with Crippen LogP contribution in [0.1, 0.15) is 18.4 Å². The molecular weight excluding hydrogens is 326 g/mol. The quantitative estimate of drug-likeness (QED) is 0.795. The van der Waals surface area contributed by atoms with Crippen molar-refractivity contribution in [3.05, 3.63) is 53.3 Å². The molecule has 3 rings (SSSR count). The molecule has 1 aliphatic heterocycles. The molecule has 1 saturated heterocycles. The summed E-state index contributed by atoms with van der Waals surface area (Å²) in [5.41, 5.74) is 0.948. The molecule has 0 spiro atoms. The molecule has 2 heterocycles. The SMILES string of the molecule is OC(COCc1ccccc1Cl)CN1CCCC1Cn1cccn1. The van der Waals surface area contributed by atoms with Gasteiger partial charge in [0.05, 0.1) is 25.9 Å². The fourth-order valence-corrected chi connectivity index (χ4v) is 3.40. The first-order valence-electron chi connectivity index (χ1n) is 8.43. The van der Waals surface area contributed by atoms with E-state index < -0.39 is 6.10 Å². The van der Waals surface area contributed by atoms with Gasteiger partial charge in [-0.1, -0.05) is 29.8 Å². The molecule has 24 heavy (non-hydrogen) atoms. The zero-order chi connectivity index (χ0) is 16.8. The first-order chi connectivity index (χ1) is 11.7. The van der Waals surface area contributed by atoms with Crippen LogP contribution >= 0.6 is 11.6 Å². The smallest absolute Gasteiger partial charge is 0.0900 e. The number of ether oxygens (including phenoxy) is 1. The number of β-amino-alcohol motifs (C(OH)–C–C–N with tert-alkyl or cyclic N) is 1. The molecule has 6 heteroatoms. The van der Waals surface area contributed by atoms with E-state index >= 15 is 0 Å². The number of benzene rings is 1. The average molecular weight is 350 g/mol. The van der Waals surface area contributed by atoms with E-state index in [9.17, 15) is 5.11 Å². The van der Waals surface area contributed by atoms with E-state index in [1.54, 1.807) is 6.20 Å². The Labute approximate surface area is 147 Å². The van der Waals surface area contributed by atoms with Crippen LogP contribution in [-0.2, 0) is 17.9 Å². The van der Waals surface area contributed by atoms with Crippen LogP contribution < -0.4 is 0 Å². The maximum absolute atomic E-state index is 10.3. The lowest BCUT2D eigenvalue weighted by Gasteiger charge is -2.26. The molecule has 1 N–H and O–H groups in total. The van der Waals surface area contributed by atoms with Gasteiger partial charge in [0.1, 0.15) is 0 Å². The molecule has 2 aromatic rings. The van der Waals surface area contributed by atoms with Gasteiger partial charge in [-0.3, -0.25) is 9.58 Å². The van der Waals surface area contributed by atoms with Crippen LogP contribution in [0.15, 0.2) is 42.7 Å². The third-order valence-electron chi connectivity index (χ3n) is 4.43. The van der Waals surface area contributed by atoms with Crippen molar-refractivity contribution in [3.63, 3.8) is 0 Å². The highest BCUT2D eigenvalue weighted by atomic mass is 35.5. The number of aliphatic hydroxyl groups is 1. The van der Waals surface area contributed by atoms with Crippen molar-refractivity contribution in [1.29, 1.82) is 0 Å². The van der Waals surface area contributed by atoms with Gasteiger partial charge in [-0.2, -0.15) is 5.10 Å². The topological polar surface area (TPSA) is 50.5 Å². The molecule has 1 aromatic heterocycles. The van der Waals surface area contributed by atoms with Gasteiger partial charge in [-0.15, -0.1) is 0 Å². The van der Waals surface area contributed by atoms with Crippen molar-refractivity contribution < 1.29 is 9.84 Å². The summed E-state index contributed by atoms with van der Waals surface area (Å²) in [5, 5.41) is 15.3. The van der Waals surface area contributed by atoms with Crippen molar-refractivity contribution in [2.75, 3.05) is 19.7 Å². The van der Waals surface area contributed by atoms with Crippen LogP contribution in [0.2, 0.25) is 5.02 Å². The summed E-state index contributed by atoms with van der Waals surface area (Å²) in [6.07, 6.45) is 5.61. The molecule has 0 saturated carbocycles. The van der Waals surface area contributed by atoms with Crippen LogP contribution in [0.4, 0.5) is 0 Å². The maximum atomic E-state index is 10.3. The van der Waals surface area contributed by atoms with E-state index in [1.807, 2.05) is 41.2 Å². The number of likely N-dealkylation sites (tertiary alicyclic amines) is 1. The molecule has 2 atom stereocenters. The third kappa shape index (κ3) is 4.80. The molecule has 1 aromatic carbocycles. The van der Waals surface area contributed by atoms with Crippen LogP contribution in [0.3, 0.4) is 0 Å². The summed E-state index contributed by atoms with van der Waals surface area (Å²) in [6.45, 7) is 3.27. The summed E-state index contributed by atoms with van der Waals surface area (Å²) in [4.78, 5) is 2.34. The number of aromatic nitrogens is 2. The lowest BCUT2D eigenvalue weighted by molar-refractivity contribution is 0.00668. The Morgan fingerprint density at radius 1 is 1.33 bits per heavy atom. The molecule has 1 fully saturated rings. The van der Waals surface area contributed by atoms with E-state index in [1.165, 1.54) is 6.42 Å². The average Bonchev–Trinajstić information content (AvgIpc) is 3.22. The summed E-state index contributed by atoms with van der Waals surface area (Å²) in [5.74, 6) is 0. The number of nitrogens with zero attached hydrogens (tertiary/aromatic N) is 3. The van der Waals surface area contributed by atoms with Crippen molar-refractivity contribution in [2.45, 2.75) is 38.1 Å².